The predicted octanol–water partition coefficient (Wildman–Crippen LogP) is 1.74. The first kappa shape index (κ1) is 15.3. The number of carbonyl (C=O) groups excluding carboxylic acids is 1. The molecule has 0 saturated carbocycles. The lowest BCUT2D eigenvalue weighted by molar-refractivity contribution is -0.147. The van der Waals surface area contributed by atoms with Gasteiger partial charge in [-0.05, 0) is 37.6 Å². The average Bonchev–Trinajstić information content (AvgIpc) is 2.43. The van der Waals surface area contributed by atoms with Crippen molar-refractivity contribution in [3.63, 3.8) is 0 Å². The summed E-state index contributed by atoms with van der Waals surface area (Å²) in [5.74, 6) is 0.914. The van der Waals surface area contributed by atoms with Crippen molar-refractivity contribution in [1.82, 2.24) is 0 Å². The maximum Gasteiger partial charge on any atom is 0.329 e. The van der Waals surface area contributed by atoms with Gasteiger partial charge in [-0.2, -0.15) is 0 Å². The Morgan fingerprint density at radius 3 is 2.21 bits per heavy atom. The molecule has 106 valence electrons. The molecule has 0 heterocycles. The first-order valence-electron chi connectivity index (χ1n) is 6.22. The van der Waals surface area contributed by atoms with Crippen LogP contribution in [0.5, 0.6) is 11.5 Å². The molecule has 0 aromatic heterocycles. The summed E-state index contributed by atoms with van der Waals surface area (Å²) in [6.45, 7) is 4.35. The zero-order chi connectivity index (χ0) is 14.3. The first-order valence-corrected chi connectivity index (χ1v) is 6.22. The molecule has 0 fully saturated rings. The standard InChI is InChI=1S/C14H21NO4/c1-4-9-18-11-5-7-12(8-6-11)19-10-14(2,15)13(16)17-3/h5-8H,4,9-10,15H2,1-3H3. The Hall–Kier alpha value is -1.75. The van der Waals surface area contributed by atoms with Crippen LogP contribution in [0.1, 0.15) is 20.3 Å². The maximum atomic E-state index is 11.4. The van der Waals surface area contributed by atoms with Crippen LogP contribution in [0, 0.1) is 0 Å². The van der Waals surface area contributed by atoms with Gasteiger partial charge in [0.25, 0.3) is 0 Å². The number of methoxy groups -OCH3 is 1. The van der Waals surface area contributed by atoms with Crippen molar-refractivity contribution >= 4 is 5.97 Å². The normalized spacial score (nSPS) is 13.5. The van der Waals surface area contributed by atoms with Crippen molar-refractivity contribution in [2.75, 3.05) is 20.3 Å². The highest BCUT2D eigenvalue weighted by Gasteiger charge is 2.30. The maximum absolute atomic E-state index is 11.4. The summed E-state index contributed by atoms with van der Waals surface area (Å²) in [6, 6.07) is 7.19. The number of rotatable bonds is 7. The molecule has 5 heteroatoms. The lowest BCUT2D eigenvalue weighted by atomic mass is 10.1. The predicted molar refractivity (Wildman–Crippen MR) is 72.3 cm³/mol. The Labute approximate surface area is 113 Å². The van der Waals surface area contributed by atoms with E-state index in [2.05, 4.69) is 4.74 Å². The van der Waals surface area contributed by atoms with Gasteiger partial charge in [0.2, 0.25) is 0 Å². The highest BCUT2D eigenvalue weighted by atomic mass is 16.5. The summed E-state index contributed by atoms with van der Waals surface area (Å²) in [4.78, 5) is 11.4. The summed E-state index contributed by atoms with van der Waals surface area (Å²) >= 11 is 0. The van der Waals surface area contributed by atoms with Crippen LogP contribution in [0.3, 0.4) is 0 Å². The summed E-state index contributed by atoms with van der Waals surface area (Å²) in [5.41, 5.74) is 4.63. The highest BCUT2D eigenvalue weighted by molar-refractivity contribution is 5.80. The number of hydrogen-bond acceptors (Lipinski definition) is 5. The van der Waals surface area contributed by atoms with Crippen molar-refractivity contribution in [3.8, 4) is 11.5 Å². The SMILES string of the molecule is CCCOc1ccc(OCC(C)(N)C(=O)OC)cc1. The van der Waals surface area contributed by atoms with Crippen molar-refractivity contribution < 1.29 is 19.0 Å². The van der Waals surface area contributed by atoms with Crippen LogP contribution in [0.15, 0.2) is 24.3 Å². The molecule has 19 heavy (non-hydrogen) atoms. The van der Waals surface area contributed by atoms with Gasteiger partial charge >= 0.3 is 5.97 Å². The Bertz CT molecular complexity index is 400. The molecule has 0 saturated heterocycles. The van der Waals surface area contributed by atoms with Crippen LogP contribution >= 0.6 is 0 Å². The summed E-state index contributed by atoms with van der Waals surface area (Å²) in [5, 5.41) is 0. The van der Waals surface area contributed by atoms with E-state index in [4.69, 9.17) is 15.2 Å². The molecule has 0 aliphatic carbocycles. The minimum absolute atomic E-state index is 0.0504. The fraction of sp³-hybridized carbons (Fsp3) is 0.500. The molecule has 2 N–H and O–H groups in total. The van der Waals surface area contributed by atoms with Gasteiger partial charge in [-0.25, -0.2) is 4.79 Å². The largest absolute Gasteiger partial charge is 0.494 e. The Kier molecular flexibility index (Phi) is 5.63. The Morgan fingerprint density at radius 1 is 1.21 bits per heavy atom. The molecule has 0 aliphatic heterocycles. The number of benzene rings is 1. The monoisotopic (exact) mass is 267 g/mol. The van der Waals surface area contributed by atoms with Crippen LogP contribution in [-0.4, -0.2) is 31.8 Å². The molecule has 0 spiro atoms. The number of esters is 1. The minimum Gasteiger partial charge on any atom is -0.494 e. The average molecular weight is 267 g/mol. The quantitative estimate of drug-likeness (QED) is 0.762. The summed E-state index contributed by atoms with van der Waals surface area (Å²) in [6.07, 6.45) is 0.961. The van der Waals surface area contributed by atoms with E-state index in [-0.39, 0.29) is 6.61 Å². The van der Waals surface area contributed by atoms with Gasteiger partial charge in [-0.3, -0.25) is 0 Å². The van der Waals surface area contributed by atoms with Crippen LogP contribution < -0.4 is 15.2 Å². The molecule has 1 atom stereocenters. The number of ether oxygens (including phenoxy) is 3. The van der Waals surface area contributed by atoms with Gasteiger partial charge in [0, 0.05) is 0 Å². The number of hydrogen-bond donors (Lipinski definition) is 1. The van der Waals surface area contributed by atoms with E-state index in [1.165, 1.54) is 7.11 Å². The van der Waals surface area contributed by atoms with Crippen LogP contribution in [0.25, 0.3) is 0 Å². The third-order valence-corrected chi connectivity index (χ3v) is 2.49. The molecule has 1 aromatic carbocycles. The van der Waals surface area contributed by atoms with E-state index in [0.717, 1.165) is 12.2 Å². The third kappa shape index (κ3) is 4.79. The first-order chi connectivity index (χ1) is 8.99. The molecule has 1 aromatic rings. The van der Waals surface area contributed by atoms with E-state index in [1.807, 2.05) is 19.1 Å². The van der Waals surface area contributed by atoms with E-state index >= 15 is 0 Å². The van der Waals surface area contributed by atoms with Crippen molar-refractivity contribution in [2.45, 2.75) is 25.8 Å². The third-order valence-electron chi connectivity index (χ3n) is 2.49. The zero-order valence-electron chi connectivity index (χ0n) is 11.6. The van der Waals surface area contributed by atoms with Gasteiger partial charge in [0.05, 0.1) is 13.7 Å². The fourth-order valence-corrected chi connectivity index (χ4v) is 1.38. The molecule has 0 radical (unpaired) electrons. The lowest BCUT2D eigenvalue weighted by Crippen LogP contribution is -2.50. The van der Waals surface area contributed by atoms with Crippen LogP contribution in [-0.2, 0) is 9.53 Å². The van der Waals surface area contributed by atoms with Crippen molar-refractivity contribution in [3.05, 3.63) is 24.3 Å². The molecule has 0 aliphatic rings. The topological polar surface area (TPSA) is 70.8 Å². The van der Waals surface area contributed by atoms with E-state index in [0.29, 0.717) is 12.4 Å². The van der Waals surface area contributed by atoms with Crippen molar-refractivity contribution in [2.24, 2.45) is 5.73 Å². The molecule has 5 nitrogen and oxygen atoms in total. The summed E-state index contributed by atoms with van der Waals surface area (Å²) < 4.78 is 15.5. The number of carbonyl (C=O) groups is 1. The smallest absolute Gasteiger partial charge is 0.329 e. The van der Waals surface area contributed by atoms with Gasteiger partial charge < -0.3 is 19.9 Å². The second-order valence-corrected chi connectivity index (χ2v) is 4.52. The summed E-state index contributed by atoms with van der Waals surface area (Å²) in [7, 11) is 1.30. The Balaban J connectivity index is 2.52. The second-order valence-electron chi connectivity index (χ2n) is 4.52. The highest BCUT2D eigenvalue weighted by Crippen LogP contribution is 2.18. The van der Waals surface area contributed by atoms with E-state index < -0.39 is 11.5 Å². The van der Waals surface area contributed by atoms with Crippen LogP contribution in [0.4, 0.5) is 0 Å². The van der Waals surface area contributed by atoms with Crippen LogP contribution in [0.2, 0.25) is 0 Å². The molecule has 1 rings (SSSR count). The Morgan fingerprint density at radius 2 is 1.74 bits per heavy atom. The zero-order valence-corrected chi connectivity index (χ0v) is 11.6. The minimum atomic E-state index is -1.16. The van der Waals surface area contributed by atoms with Gasteiger partial charge in [0.15, 0.2) is 0 Å². The van der Waals surface area contributed by atoms with Crippen molar-refractivity contribution in [1.29, 1.82) is 0 Å². The van der Waals surface area contributed by atoms with E-state index in [1.54, 1.807) is 19.1 Å². The fourth-order valence-electron chi connectivity index (χ4n) is 1.38. The molecular weight excluding hydrogens is 246 g/mol. The van der Waals surface area contributed by atoms with E-state index in [9.17, 15) is 4.79 Å². The molecule has 0 amide bonds. The molecule has 1 unspecified atom stereocenters. The van der Waals surface area contributed by atoms with Gasteiger partial charge in [-0.15, -0.1) is 0 Å². The lowest BCUT2D eigenvalue weighted by Gasteiger charge is -2.21. The molecule has 0 bridgehead atoms. The second kappa shape index (κ2) is 6.99. The van der Waals surface area contributed by atoms with Gasteiger partial charge in [-0.1, -0.05) is 6.92 Å². The van der Waals surface area contributed by atoms with Gasteiger partial charge in [0.1, 0.15) is 23.6 Å². The number of nitrogens with two attached hydrogens (primary N) is 1. The molecular formula is C14H21NO4.